The minimum Gasteiger partial charge on any atom is -0.367 e. The van der Waals surface area contributed by atoms with Gasteiger partial charge in [-0.2, -0.15) is 0 Å². The number of rotatable bonds is 4. The number of benzene rings is 2. The fraction of sp³-hybridized carbons (Fsp3) is 0.316. The van der Waals surface area contributed by atoms with Crippen molar-refractivity contribution >= 4 is 17.4 Å². The van der Waals surface area contributed by atoms with Gasteiger partial charge in [0, 0.05) is 29.6 Å². The molecule has 2 fully saturated rings. The van der Waals surface area contributed by atoms with Crippen molar-refractivity contribution in [3.8, 4) is 0 Å². The van der Waals surface area contributed by atoms with Crippen LogP contribution >= 0.6 is 11.6 Å². The molecule has 0 amide bonds. The summed E-state index contributed by atoms with van der Waals surface area (Å²) in [5.74, 6) is 0.104. The lowest BCUT2D eigenvalue weighted by atomic mass is 9.98. The lowest BCUT2D eigenvalue weighted by Gasteiger charge is -2.23. The highest BCUT2D eigenvalue weighted by Crippen LogP contribution is 2.36. The van der Waals surface area contributed by atoms with Gasteiger partial charge >= 0.3 is 0 Å². The van der Waals surface area contributed by atoms with Gasteiger partial charge in [0.1, 0.15) is 0 Å². The van der Waals surface area contributed by atoms with E-state index in [9.17, 15) is 4.79 Å². The molecular weight excluding hydrogens is 310 g/mol. The third-order valence-corrected chi connectivity index (χ3v) is 4.92. The molecule has 2 saturated heterocycles. The lowest BCUT2D eigenvalue weighted by Crippen LogP contribution is -2.33. The van der Waals surface area contributed by atoms with Crippen LogP contribution in [0.5, 0.6) is 0 Å². The molecule has 1 unspecified atom stereocenters. The van der Waals surface area contributed by atoms with Crippen LogP contribution in [0.4, 0.5) is 0 Å². The zero-order valence-electron chi connectivity index (χ0n) is 12.7. The van der Waals surface area contributed by atoms with E-state index in [1.165, 1.54) is 5.56 Å². The molecule has 2 aliphatic heterocycles. The van der Waals surface area contributed by atoms with Crippen LogP contribution in [-0.4, -0.2) is 24.5 Å². The minimum atomic E-state index is 0.104. The summed E-state index contributed by atoms with van der Waals surface area (Å²) in [7, 11) is 0. The number of hydrogen-bond acceptors (Lipinski definition) is 3. The van der Waals surface area contributed by atoms with Crippen LogP contribution in [0.2, 0.25) is 5.02 Å². The Morgan fingerprint density at radius 1 is 1.13 bits per heavy atom. The first kappa shape index (κ1) is 14.9. The van der Waals surface area contributed by atoms with E-state index in [1.54, 1.807) is 24.3 Å². The maximum Gasteiger partial charge on any atom is 0.167 e. The number of hydrogen-bond donors (Lipinski definition) is 1. The Hall–Kier alpha value is -1.68. The summed E-state index contributed by atoms with van der Waals surface area (Å²) in [4.78, 5) is 12.3. The molecule has 0 radical (unpaired) electrons. The predicted octanol–water partition coefficient (Wildman–Crippen LogP) is 3.57. The normalized spacial score (nSPS) is 25.7. The summed E-state index contributed by atoms with van der Waals surface area (Å²) in [6, 6.07) is 15.7. The van der Waals surface area contributed by atoms with Gasteiger partial charge in [0.25, 0.3) is 0 Å². The molecule has 2 aromatic carbocycles. The van der Waals surface area contributed by atoms with Gasteiger partial charge in [-0.3, -0.25) is 4.79 Å². The van der Waals surface area contributed by atoms with Crippen molar-refractivity contribution in [2.24, 2.45) is 0 Å². The topological polar surface area (TPSA) is 38.3 Å². The molecule has 0 spiro atoms. The van der Waals surface area contributed by atoms with Crippen molar-refractivity contribution in [2.75, 3.05) is 6.54 Å². The van der Waals surface area contributed by atoms with Crippen molar-refractivity contribution in [3.63, 3.8) is 0 Å². The summed E-state index contributed by atoms with van der Waals surface area (Å²) in [6.07, 6.45) is 2.00. The van der Waals surface area contributed by atoms with Gasteiger partial charge in [-0.05, 0) is 41.8 Å². The number of nitrogens with one attached hydrogen (secondary N) is 1. The Bertz CT molecular complexity index is 711. The third kappa shape index (κ3) is 3.05. The second-order valence-electron chi connectivity index (χ2n) is 6.28. The summed E-state index contributed by atoms with van der Waals surface area (Å²) in [6.45, 7) is 0.967. The van der Waals surface area contributed by atoms with Crippen LogP contribution in [0, 0.1) is 0 Å². The number of ether oxygens (including phenoxy) is 1. The first-order chi connectivity index (χ1) is 11.2. The van der Waals surface area contributed by atoms with E-state index in [0.717, 1.165) is 18.5 Å². The van der Waals surface area contributed by atoms with E-state index in [4.69, 9.17) is 16.3 Å². The molecular formula is C19H18ClNO2. The van der Waals surface area contributed by atoms with Crippen molar-refractivity contribution in [3.05, 3.63) is 70.2 Å². The zero-order valence-corrected chi connectivity index (χ0v) is 13.4. The Labute approximate surface area is 140 Å². The van der Waals surface area contributed by atoms with Crippen LogP contribution in [0.25, 0.3) is 0 Å². The van der Waals surface area contributed by atoms with E-state index in [0.29, 0.717) is 29.2 Å². The summed E-state index contributed by atoms with van der Waals surface area (Å²) >= 11 is 5.85. The van der Waals surface area contributed by atoms with Crippen LogP contribution < -0.4 is 5.32 Å². The fourth-order valence-electron chi connectivity index (χ4n) is 3.43. The summed E-state index contributed by atoms with van der Waals surface area (Å²) < 4.78 is 6.01. The number of halogens is 1. The van der Waals surface area contributed by atoms with E-state index >= 15 is 0 Å². The molecule has 3 atom stereocenters. The van der Waals surface area contributed by atoms with E-state index in [-0.39, 0.29) is 11.9 Å². The molecule has 2 bridgehead atoms. The molecule has 2 aromatic rings. The molecule has 2 heterocycles. The molecule has 4 rings (SSSR count). The predicted molar refractivity (Wildman–Crippen MR) is 90.0 cm³/mol. The maximum atomic E-state index is 12.3. The highest BCUT2D eigenvalue weighted by Gasteiger charge is 2.41. The molecule has 118 valence electrons. The van der Waals surface area contributed by atoms with Crippen molar-refractivity contribution in [2.45, 2.75) is 31.1 Å². The first-order valence-corrected chi connectivity index (χ1v) is 8.33. The molecule has 23 heavy (non-hydrogen) atoms. The third-order valence-electron chi connectivity index (χ3n) is 4.67. The van der Waals surface area contributed by atoms with Gasteiger partial charge < -0.3 is 10.1 Å². The fourth-order valence-corrected chi connectivity index (χ4v) is 3.55. The average molecular weight is 328 g/mol. The smallest absolute Gasteiger partial charge is 0.167 e. The second-order valence-corrected chi connectivity index (χ2v) is 6.71. The Balaban J connectivity index is 1.44. The number of ketones is 1. The molecule has 1 N–H and O–H groups in total. The molecule has 4 heteroatoms. The second kappa shape index (κ2) is 6.08. The Morgan fingerprint density at radius 2 is 1.87 bits per heavy atom. The number of carbonyl (C=O) groups is 1. The Kier molecular flexibility index (Phi) is 3.93. The van der Waals surface area contributed by atoms with Crippen molar-refractivity contribution in [1.82, 2.24) is 5.32 Å². The zero-order chi connectivity index (χ0) is 15.8. The van der Waals surface area contributed by atoms with E-state index in [2.05, 4.69) is 17.4 Å². The van der Waals surface area contributed by atoms with E-state index < -0.39 is 0 Å². The number of carbonyl (C=O) groups excluding carboxylic acids is 1. The van der Waals surface area contributed by atoms with Gasteiger partial charge in [-0.25, -0.2) is 0 Å². The number of Topliss-reactive ketones (excluding diaryl/α,β-unsaturated/α-hetero) is 1. The molecule has 0 aliphatic carbocycles. The SMILES string of the molecule is O=C(Cc1ccc(C2O[C@@H]3CN[C@H]2C3)cc1)c1ccc(Cl)cc1. The van der Waals surface area contributed by atoms with Crippen LogP contribution in [-0.2, 0) is 11.2 Å². The van der Waals surface area contributed by atoms with Crippen LogP contribution in [0.3, 0.4) is 0 Å². The van der Waals surface area contributed by atoms with Gasteiger partial charge in [0.05, 0.1) is 12.2 Å². The highest BCUT2D eigenvalue weighted by molar-refractivity contribution is 6.30. The number of fused-ring (bicyclic) bond motifs is 2. The number of morpholine rings is 1. The maximum absolute atomic E-state index is 12.3. The largest absolute Gasteiger partial charge is 0.367 e. The van der Waals surface area contributed by atoms with Gasteiger partial charge in [0.2, 0.25) is 0 Å². The molecule has 3 nitrogen and oxygen atoms in total. The lowest BCUT2D eigenvalue weighted by molar-refractivity contribution is 0.0160. The average Bonchev–Trinajstić information content (AvgIpc) is 3.19. The first-order valence-electron chi connectivity index (χ1n) is 7.95. The molecule has 2 aliphatic rings. The van der Waals surface area contributed by atoms with Crippen LogP contribution in [0.15, 0.2) is 48.5 Å². The van der Waals surface area contributed by atoms with Gasteiger partial charge in [-0.1, -0.05) is 35.9 Å². The summed E-state index contributed by atoms with van der Waals surface area (Å²) in [5.41, 5.74) is 2.90. The van der Waals surface area contributed by atoms with Crippen molar-refractivity contribution in [1.29, 1.82) is 0 Å². The standard InChI is InChI=1S/C19H18ClNO2/c20-15-7-5-13(6-8-15)18(22)9-12-1-3-14(4-2-12)19-17-10-16(23-19)11-21-17/h1-8,16-17,19,21H,9-11H2/t16-,17-,19?/m0/s1. The monoisotopic (exact) mass is 327 g/mol. The van der Waals surface area contributed by atoms with Crippen molar-refractivity contribution < 1.29 is 9.53 Å². The van der Waals surface area contributed by atoms with Gasteiger partial charge in [0.15, 0.2) is 5.78 Å². The quantitative estimate of drug-likeness (QED) is 0.872. The minimum absolute atomic E-state index is 0.104. The highest BCUT2D eigenvalue weighted by atomic mass is 35.5. The Morgan fingerprint density at radius 3 is 2.48 bits per heavy atom. The van der Waals surface area contributed by atoms with Crippen LogP contribution in [0.1, 0.15) is 34.0 Å². The van der Waals surface area contributed by atoms with E-state index in [1.807, 2.05) is 12.1 Å². The summed E-state index contributed by atoms with van der Waals surface area (Å²) in [5, 5.41) is 4.13. The molecule has 0 saturated carbocycles. The van der Waals surface area contributed by atoms with Gasteiger partial charge in [-0.15, -0.1) is 0 Å². The molecule has 0 aromatic heterocycles.